The van der Waals surface area contributed by atoms with Crippen molar-refractivity contribution >= 4 is 17.3 Å². The van der Waals surface area contributed by atoms with Crippen molar-refractivity contribution in [1.29, 1.82) is 0 Å². The summed E-state index contributed by atoms with van der Waals surface area (Å²) in [6.45, 7) is 4.97. The molecule has 1 atom stereocenters. The second-order valence-corrected chi connectivity index (χ2v) is 7.43. The van der Waals surface area contributed by atoms with Crippen molar-refractivity contribution in [3.05, 3.63) is 22.4 Å². The monoisotopic (exact) mass is 337 g/mol. The zero-order chi connectivity index (χ0) is 16.3. The van der Waals surface area contributed by atoms with E-state index >= 15 is 0 Å². The van der Waals surface area contributed by atoms with Gasteiger partial charge in [0.05, 0.1) is 6.10 Å². The summed E-state index contributed by atoms with van der Waals surface area (Å²) in [5.41, 5.74) is 0. The van der Waals surface area contributed by atoms with E-state index in [0.29, 0.717) is 12.0 Å². The minimum absolute atomic E-state index is 0.519. The van der Waals surface area contributed by atoms with Gasteiger partial charge in [-0.3, -0.25) is 4.99 Å². The average Bonchev–Trinajstić information content (AvgIpc) is 3.23. The Morgan fingerprint density at radius 3 is 2.91 bits per heavy atom. The van der Waals surface area contributed by atoms with Crippen LogP contribution in [0.15, 0.2) is 22.5 Å². The first-order valence-electron chi connectivity index (χ1n) is 8.86. The highest BCUT2D eigenvalue weighted by atomic mass is 32.1. The molecular formula is C18H31N3OS. The van der Waals surface area contributed by atoms with Gasteiger partial charge in [0, 0.05) is 31.6 Å². The molecule has 1 aliphatic rings. The summed E-state index contributed by atoms with van der Waals surface area (Å²) in [5.74, 6) is 1.49. The van der Waals surface area contributed by atoms with Gasteiger partial charge in [0.2, 0.25) is 0 Å². The minimum atomic E-state index is 0.519. The van der Waals surface area contributed by atoms with E-state index in [1.54, 1.807) is 0 Å². The normalized spacial score (nSPS) is 17.4. The number of nitrogens with one attached hydrogen (secondary N) is 2. The molecule has 0 aromatic carbocycles. The van der Waals surface area contributed by atoms with E-state index in [1.165, 1.54) is 30.6 Å². The third-order valence-corrected chi connectivity index (χ3v) is 5.14. The highest BCUT2D eigenvalue weighted by molar-refractivity contribution is 7.09. The number of ether oxygens (including phenoxy) is 1. The molecule has 4 nitrogen and oxygen atoms in total. The summed E-state index contributed by atoms with van der Waals surface area (Å²) >= 11 is 1.83. The van der Waals surface area contributed by atoms with Crippen molar-refractivity contribution in [2.75, 3.05) is 26.7 Å². The van der Waals surface area contributed by atoms with Crippen molar-refractivity contribution in [2.24, 2.45) is 10.9 Å². The quantitative estimate of drug-likeness (QED) is 0.412. The molecule has 0 aliphatic heterocycles. The van der Waals surface area contributed by atoms with Crippen molar-refractivity contribution in [2.45, 2.75) is 51.6 Å². The van der Waals surface area contributed by atoms with Gasteiger partial charge in [0.15, 0.2) is 5.96 Å². The Morgan fingerprint density at radius 1 is 1.39 bits per heavy atom. The lowest BCUT2D eigenvalue weighted by molar-refractivity contribution is 0.0574. The molecule has 1 heterocycles. The molecule has 5 heteroatoms. The lowest BCUT2D eigenvalue weighted by Crippen LogP contribution is -2.40. The van der Waals surface area contributed by atoms with Crippen molar-refractivity contribution in [3.8, 4) is 0 Å². The van der Waals surface area contributed by atoms with E-state index in [2.05, 4.69) is 40.1 Å². The summed E-state index contributed by atoms with van der Waals surface area (Å²) in [7, 11) is 1.83. The first-order chi connectivity index (χ1) is 11.3. The Morgan fingerprint density at radius 2 is 2.22 bits per heavy atom. The highest BCUT2D eigenvalue weighted by Gasteiger charge is 2.14. The summed E-state index contributed by atoms with van der Waals surface area (Å²) in [4.78, 5) is 5.74. The predicted octanol–water partition coefficient (Wildman–Crippen LogP) is 3.44. The molecule has 1 aliphatic carbocycles. The van der Waals surface area contributed by atoms with Crippen molar-refractivity contribution in [3.63, 3.8) is 0 Å². The first kappa shape index (κ1) is 18.3. The molecule has 1 unspecified atom stereocenters. The largest absolute Gasteiger partial charge is 0.378 e. The van der Waals surface area contributed by atoms with E-state index in [4.69, 9.17) is 4.74 Å². The van der Waals surface area contributed by atoms with E-state index < -0.39 is 0 Å². The molecule has 0 saturated heterocycles. The molecule has 0 bridgehead atoms. The highest BCUT2D eigenvalue weighted by Crippen LogP contribution is 2.20. The molecule has 1 aromatic heterocycles. The van der Waals surface area contributed by atoms with Crippen LogP contribution in [0, 0.1) is 5.92 Å². The van der Waals surface area contributed by atoms with E-state index in [9.17, 15) is 0 Å². The second kappa shape index (κ2) is 10.7. The second-order valence-electron chi connectivity index (χ2n) is 6.40. The fourth-order valence-electron chi connectivity index (χ4n) is 2.92. The average molecular weight is 338 g/mol. The van der Waals surface area contributed by atoms with Gasteiger partial charge in [-0.05, 0) is 43.0 Å². The van der Waals surface area contributed by atoms with Crippen LogP contribution in [0.4, 0.5) is 0 Å². The summed E-state index contributed by atoms with van der Waals surface area (Å²) in [6.07, 6.45) is 7.84. The van der Waals surface area contributed by atoms with Gasteiger partial charge in [-0.25, -0.2) is 0 Å². The number of aliphatic imine (C=N–C) groups is 1. The molecule has 0 spiro atoms. The molecule has 0 radical (unpaired) electrons. The van der Waals surface area contributed by atoms with Crippen LogP contribution >= 0.6 is 11.3 Å². The lowest BCUT2D eigenvalue weighted by atomic mass is 10.1. The maximum Gasteiger partial charge on any atom is 0.190 e. The smallest absolute Gasteiger partial charge is 0.190 e. The van der Waals surface area contributed by atoms with E-state index in [0.717, 1.165) is 38.5 Å². The van der Waals surface area contributed by atoms with Crippen LogP contribution in [0.5, 0.6) is 0 Å². The number of thiophene rings is 1. The van der Waals surface area contributed by atoms with Crippen molar-refractivity contribution in [1.82, 2.24) is 10.6 Å². The number of hydrogen-bond donors (Lipinski definition) is 2. The maximum absolute atomic E-state index is 5.88. The molecule has 1 saturated carbocycles. The maximum atomic E-state index is 5.88. The molecule has 2 N–H and O–H groups in total. The van der Waals surface area contributed by atoms with Crippen LogP contribution in [0.1, 0.15) is 43.9 Å². The molecule has 2 rings (SSSR count). The standard InChI is InChI=1S/C18H31N3OS/c1-15(13-17-9-5-12-23-17)14-21-18(19-2)20-10-6-11-22-16-7-3-4-8-16/h5,9,12,15-16H,3-4,6-8,10-11,13-14H2,1-2H3,(H2,19,20,21). The van der Waals surface area contributed by atoms with Gasteiger partial charge < -0.3 is 15.4 Å². The van der Waals surface area contributed by atoms with Gasteiger partial charge in [-0.1, -0.05) is 25.8 Å². The predicted molar refractivity (Wildman–Crippen MR) is 99.4 cm³/mol. The summed E-state index contributed by atoms with van der Waals surface area (Å²) in [5, 5.41) is 8.93. The van der Waals surface area contributed by atoms with Gasteiger partial charge in [0.1, 0.15) is 0 Å². The van der Waals surface area contributed by atoms with Gasteiger partial charge in [-0.2, -0.15) is 0 Å². The number of nitrogens with zero attached hydrogens (tertiary/aromatic N) is 1. The zero-order valence-corrected chi connectivity index (χ0v) is 15.3. The van der Waals surface area contributed by atoms with E-state index in [-0.39, 0.29) is 0 Å². The van der Waals surface area contributed by atoms with Crippen LogP contribution in [0.3, 0.4) is 0 Å². The fourth-order valence-corrected chi connectivity index (χ4v) is 3.79. The van der Waals surface area contributed by atoms with E-state index in [1.807, 2.05) is 18.4 Å². The minimum Gasteiger partial charge on any atom is -0.378 e. The SMILES string of the molecule is CN=C(NCCCOC1CCCC1)NCC(C)Cc1cccs1. The Hall–Kier alpha value is -1.07. The lowest BCUT2D eigenvalue weighted by Gasteiger charge is -2.16. The Balaban J connectivity index is 1.52. The molecular weight excluding hydrogens is 306 g/mol. The Kier molecular flexibility index (Phi) is 8.47. The third-order valence-electron chi connectivity index (χ3n) is 4.24. The number of hydrogen-bond acceptors (Lipinski definition) is 3. The van der Waals surface area contributed by atoms with Crippen LogP contribution in [-0.2, 0) is 11.2 Å². The number of rotatable bonds is 9. The topological polar surface area (TPSA) is 45.7 Å². The van der Waals surface area contributed by atoms with Crippen LogP contribution in [0.25, 0.3) is 0 Å². The molecule has 1 fully saturated rings. The van der Waals surface area contributed by atoms with Crippen LogP contribution < -0.4 is 10.6 Å². The summed E-state index contributed by atoms with van der Waals surface area (Å²) in [6, 6.07) is 4.33. The first-order valence-corrected chi connectivity index (χ1v) is 9.74. The molecule has 23 heavy (non-hydrogen) atoms. The Bertz CT molecular complexity index is 441. The van der Waals surface area contributed by atoms with Crippen LogP contribution in [-0.4, -0.2) is 38.8 Å². The molecule has 130 valence electrons. The Labute approximate surface area is 144 Å². The summed E-state index contributed by atoms with van der Waals surface area (Å²) < 4.78 is 5.88. The fraction of sp³-hybridized carbons (Fsp3) is 0.722. The third kappa shape index (κ3) is 7.36. The van der Waals surface area contributed by atoms with Gasteiger partial charge in [-0.15, -0.1) is 11.3 Å². The molecule has 1 aromatic rings. The van der Waals surface area contributed by atoms with Gasteiger partial charge in [0.25, 0.3) is 0 Å². The number of guanidine groups is 1. The van der Waals surface area contributed by atoms with Gasteiger partial charge >= 0.3 is 0 Å². The van der Waals surface area contributed by atoms with Crippen LogP contribution in [0.2, 0.25) is 0 Å². The molecule has 0 amide bonds. The van der Waals surface area contributed by atoms with Crippen molar-refractivity contribution < 1.29 is 4.74 Å². The zero-order valence-electron chi connectivity index (χ0n) is 14.5.